The van der Waals surface area contributed by atoms with E-state index >= 15 is 0 Å². The van der Waals surface area contributed by atoms with Crippen molar-refractivity contribution in [1.82, 2.24) is 10.6 Å². The number of nitrogens with one attached hydrogen (secondary N) is 2. The van der Waals surface area contributed by atoms with Gasteiger partial charge in [0.15, 0.2) is 0 Å². The van der Waals surface area contributed by atoms with Crippen LogP contribution >= 0.6 is 11.6 Å². The molecular weight excluding hydrogens is 563 g/mol. The molecule has 0 aliphatic carbocycles. The molecule has 0 fully saturated rings. The lowest BCUT2D eigenvalue weighted by Crippen LogP contribution is -2.47. The van der Waals surface area contributed by atoms with Crippen LogP contribution in [0.3, 0.4) is 0 Å². The molecule has 0 saturated carbocycles. The van der Waals surface area contributed by atoms with E-state index in [4.69, 9.17) is 16.3 Å². The second-order valence-corrected chi connectivity index (χ2v) is 9.05. The van der Waals surface area contributed by atoms with E-state index in [0.717, 1.165) is 12.1 Å². The van der Waals surface area contributed by atoms with Crippen LogP contribution in [-0.4, -0.2) is 37.0 Å². The number of carbonyl (C=O) groups excluding carboxylic acids is 3. The Morgan fingerprint density at radius 3 is 1.93 bits per heavy atom. The van der Waals surface area contributed by atoms with E-state index in [0.29, 0.717) is 11.3 Å². The van der Waals surface area contributed by atoms with Crippen LogP contribution in [0.4, 0.5) is 22.0 Å². The largest absolute Gasteiger partial charge is 0.489 e. The van der Waals surface area contributed by atoms with Gasteiger partial charge < -0.3 is 20.1 Å². The molecule has 0 heterocycles. The van der Waals surface area contributed by atoms with E-state index in [9.17, 15) is 36.3 Å². The Kier molecular flexibility index (Phi) is 9.69. The van der Waals surface area contributed by atoms with Crippen molar-refractivity contribution in [2.45, 2.75) is 32.4 Å². The first kappa shape index (κ1) is 30.4. The minimum atomic E-state index is -2.39. The smallest absolute Gasteiger partial charge is 0.343 e. The van der Waals surface area contributed by atoms with E-state index in [1.54, 1.807) is 0 Å². The van der Waals surface area contributed by atoms with Crippen LogP contribution in [0.25, 0.3) is 0 Å². The Labute approximate surface area is 230 Å². The van der Waals surface area contributed by atoms with Gasteiger partial charge in [0.05, 0.1) is 16.7 Å². The van der Waals surface area contributed by atoms with Crippen LogP contribution in [0.5, 0.6) is 11.5 Å². The van der Waals surface area contributed by atoms with Crippen LogP contribution in [0.2, 0.25) is 5.02 Å². The third-order valence-electron chi connectivity index (χ3n) is 5.42. The quantitative estimate of drug-likeness (QED) is 0.120. The molecule has 3 rings (SSSR count). The fourth-order valence-corrected chi connectivity index (χ4v) is 3.68. The Hall–Kier alpha value is -4.19. The standard InChI is InChI=1S/C27H22ClF5N2O5/c1-12(2)39-18-9-8-15(11-16(18)28)25(36)35-17(26(37)34-3)10-13-4-6-14(7-5-13)27(38)40-24-22(32)20(30)19(29)21(31)23(24)33/h4-9,11-12,17H,10H2,1-3H3,(H,34,37)(H,35,36). The first-order chi connectivity index (χ1) is 18.8. The minimum absolute atomic E-state index is 0.0410. The van der Waals surface area contributed by atoms with Gasteiger partial charge in [0.2, 0.25) is 40.7 Å². The number of rotatable bonds is 9. The molecule has 0 saturated heterocycles. The summed E-state index contributed by atoms with van der Waals surface area (Å²) in [6, 6.07) is 8.34. The number of carbonyl (C=O) groups is 3. The summed E-state index contributed by atoms with van der Waals surface area (Å²) in [6.07, 6.45) is -0.181. The molecule has 3 aromatic carbocycles. The highest BCUT2D eigenvalue weighted by molar-refractivity contribution is 6.32. The molecular formula is C27H22ClF5N2O5. The summed E-state index contributed by atoms with van der Waals surface area (Å²) in [4.78, 5) is 37.5. The van der Waals surface area contributed by atoms with Gasteiger partial charge in [-0.2, -0.15) is 8.78 Å². The lowest BCUT2D eigenvalue weighted by atomic mass is 10.0. The minimum Gasteiger partial charge on any atom is -0.489 e. The van der Waals surface area contributed by atoms with E-state index in [-0.39, 0.29) is 28.7 Å². The molecule has 1 atom stereocenters. The van der Waals surface area contributed by atoms with Gasteiger partial charge >= 0.3 is 5.97 Å². The van der Waals surface area contributed by atoms with Crippen molar-refractivity contribution in [2.75, 3.05) is 7.05 Å². The topological polar surface area (TPSA) is 93.7 Å². The first-order valence-corrected chi connectivity index (χ1v) is 12.0. The van der Waals surface area contributed by atoms with Crippen molar-refractivity contribution in [3.8, 4) is 11.5 Å². The van der Waals surface area contributed by atoms with Gasteiger partial charge in [-0.15, -0.1) is 0 Å². The lowest BCUT2D eigenvalue weighted by molar-refractivity contribution is -0.122. The van der Waals surface area contributed by atoms with E-state index < -0.39 is 58.7 Å². The average Bonchev–Trinajstić information content (AvgIpc) is 2.93. The molecule has 0 aromatic heterocycles. The molecule has 2 amide bonds. The average molecular weight is 585 g/mol. The maximum Gasteiger partial charge on any atom is 0.343 e. The van der Waals surface area contributed by atoms with Crippen LogP contribution in [-0.2, 0) is 11.2 Å². The molecule has 212 valence electrons. The molecule has 0 spiro atoms. The molecule has 40 heavy (non-hydrogen) atoms. The summed E-state index contributed by atoms with van der Waals surface area (Å²) in [6.45, 7) is 3.63. The molecule has 13 heteroatoms. The Morgan fingerprint density at radius 2 is 1.40 bits per heavy atom. The van der Waals surface area contributed by atoms with Crippen molar-refractivity contribution in [2.24, 2.45) is 0 Å². The summed E-state index contributed by atoms with van der Waals surface area (Å²) in [7, 11) is 1.37. The molecule has 2 N–H and O–H groups in total. The van der Waals surface area contributed by atoms with Gasteiger partial charge in [0.1, 0.15) is 11.8 Å². The van der Waals surface area contributed by atoms with Crippen molar-refractivity contribution in [3.05, 3.63) is 93.3 Å². The lowest BCUT2D eigenvalue weighted by Gasteiger charge is -2.18. The van der Waals surface area contributed by atoms with E-state index in [1.807, 2.05) is 13.8 Å². The van der Waals surface area contributed by atoms with Gasteiger partial charge in [-0.3, -0.25) is 9.59 Å². The number of hydrogen-bond acceptors (Lipinski definition) is 5. The van der Waals surface area contributed by atoms with Crippen molar-refractivity contribution < 1.29 is 45.8 Å². The van der Waals surface area contributed by atoms with Crippen molar-refractivity contribution in [3.63, 3.8) is 0 Å². The molecule has 7 nitrogen and oxygen atoms in total. The van der Waals surface area contributed by atoms with Gasteiger partial charge in [-0.05, 0) is 49.7 Å². The Bertz CT molecular complexity index is 1420. The number of esters is 1. The SMILES string of the molecule is CNC(=O)C(Cc1ccc(C(=O)Oc2c(F)c(F)c(F)c(F)c2F)cc1)NC(=O)c1ccc(OC(C)C)c(Cl)c1. The third-order valence-corrected chi connectivity index (χ3v) is 5.71. The van der Waals surface area contributed by atoms with Crippen molar-refractivity contribution >= 4 is 29.4 Å². The fraction of sp³-hybridized carbons (Fsp3) is 0.222. The number of likely N-dealkylation sites (N-methyl/N-ethyl adjacent to an activating group) is 1. The second kappa shape index (κ2) is 12.8. The van der Waals surface area contributed by atoms with E-state index in [2.05, 4.69) is 15.4 Å². The van der Waals surface area contributed by atoms with Crippen LogP contribution < -0.4 is 20.1 Å². The molecule has 0 radical (unpaired) electrons. The van der Waals surface area contributed by atoms with Crippen molar-refractivity contribution in [1.29, 1.82) is 0 Å². The number of benzene rings is 3. The Balaban J connectivity index is 1.73. The highest BCUT2D eigenvalue weighted by Gasteiger charge is 2.29. The summed E-state index contributed by atoms with van der Waals surface area (Å²) in [5.74, 6) is -15.4. The van der Waals surface area contributed by atoms with E-state index in [1.165, 1.54) is 37.4 Å². The van der Waals surface area contributed by atoms with Crippen LogP contribution in [0.15, 0.2) is 42.5 Å². The highest BCUT2D eigenvalue weighted by atomic mass is 35.5. The third kappa shape index (κ3) is 6.87. The summed E-state index contributed by atoms with van der Waals surface area (Å²) in [5.41, 5.74) is 0.327. The second-order valence-electron chi connectivity index (χ2n) is 8.64. The van der Waals surface area contributed by atoms with Crippen LogP contribution in [0.1, 0.15) is 40.1 Å². The Morgan fingerprint density at radius 1 is 0.850 bits per heavy atom. The van der Waals surface area contributed by atoms with Gasteiger partial charge in [-0.25, -0.2) is 18.0 Å². The first-order valence-electron chi connectivity index (χ1n) is 11.6. The number of halogens is 6. The summed E-state index contributed by atoms with van der Waals surface area (Å²) < 4.78 is 77.6. The predicted molar refractivity (Wildman–Crippen MR) is 134 cm³/mol. The monoisotopic (exact) mass is 584 g/mol. The zero-order valence-corrected chi connectivity index (χ0v) is 22.0. The van der Waals surface area contributed by atoms with Gasteiger partial charge in [0, 0.05) is 19.0 Å². The number of hydrogen-bond donors (Lipinski definition) is 2. The number of amides is 2. The number of ether oxygens (including phenoxy) is 2. The zero-order chi connectivity index (χ0) is 29.7. The maximum absolute atomic E-state index is 13.8. The maximum atomic E-state index is 13.8. The predicted octanol–water partition coefficient (Wildman–Crippen LogP) is 5.13. The normalized spacial score (nSPS) is 11.7. The van der Waals surface area contributed by atoms with Crippen LogP contribution in [0, 0.1) is 29.1 Å². The van der Waals surface area contributed by atoms with Gasteiger partial charge in [-0.1, -0.05) is 23.7 Å². The molecule has 3 aromatic rings. The summed E-state index contributed by atoms with van der Waals surface area (Å²) in [5, 5.41) is 5.22. The molecule has 1 unspecified atom stereocenters. The molecule has 0 aliphatic heterocycles. The molecule has 0 aliphatic rings. The summed E-state index contributed by atoms with van der Waals surface area (Å²) >= 11 is 6.19. The fourth-order valence-electron chi connectivity index (χ4n) is 3.46. The van der Waals surface area contributed by atoms with Gasteiger partial charge in [0.25, 0.3) is 5.91 Å². The highest BCUT2D eigenvalue weighted by Crippen LogP contribution is 2.30. The zero-order valence-electron chi connectivity index (χ0n) is 21.2. The molecule has 0 bridgehead atoms.